The summed E-state index contributed by atoms with van der Waals surface area (Å²) in [6, 6.07) is 8.85. The van der Waals surface area contributed by atoms with Crippen molar-refractivity contribution < 1.29 is 23.8 Å². The van der Waals surface area contributed by atoms with Crippen LogP contribution in [0.15, 0.2) is 41.0 Å². The Morgan fingerprint density at radius 1 is 1.07 bits per heavy atom. The molecule has 0 saturated carbocycles. The lowest BCUT2D eigenvalue weighted by Gasteiger charge is -2.21. The molecule has 1 amide bonds. The highest BCUT2D eigenvalue weighted by molar-refractivity contribution is 9.10. The Balaban J connectivity index is 2.11. The van der Waals surface area contributed by atoms with Crippen LogP contribution in [0.4, 0.5) is 5.82 Å². The van der Waals surface area contributed by atoms with Crippen LogP contribution >= 0.6 is 15.9 Å². The Hall–Kier alpha value is -2.65. The summed E-state index contributed by atoms with van der Waals surface area (Å²) in [5, 5.41) is 2.71. The highest BCUT2D eigenvalue weighted by Crippen LogP contribution is 2.23. The van der Waals surface area contributed by atoms with E-state index in [1.807, 2.05) is 12.1 Å². The van der Waals surface area contributed by atoms with Crippen molar-refractivity contribution in [3.63, 3.8) is 0 Å². The van der Waals surface area contributed by atoms with Crippen molar-refractivity contribution in [2.45, 2.75) is 6.54 Å². The lowest BCUT2D eigenvalue weighted by Crippen LogP contribution is -2.37. The number of amides is 1. The predicted molar refractivity (Wildman–Crippen MR) is 107 cm³/mol. The van der Waals surface area contributed by atoms with Crippen molar-refractivity contribution in [1.29, 1.82) is 0 Å². The molecule has 8 nitrogen and oxygen atoms in total. The first-order valence-corrected chi connectivity index (χ1v) is 9.15. The molecule has 2 aromatic rings. The summed E-state index contributed by atoms with van der Waals surface area (Å²) in [7, 11) is 4.42. The Kier molecular flexibility index (Phi) is 8.21. The van der Waals surface area contributed by atoms with Crippen LogP contribution in [0.25, 0.3) is 0 Å². The van der Waals surface area contributed by atoms with Gasteiger partial charge in [-0.1, -0.05) is 0 Å². The van der Waals surface area contributed by atoms with E-state index in [9.17, 15) is 9.59 Å². The van der Waals surface area contributed by atoms with Gasteiger partial charge < -0.3 is 19.5 Å². The second-order valence-electron chi connectivity index (χ2n) is 5.85. The van der Waals surface area contributed by atoms with Crippen molar-refractivity contribution in [2.75, 3.05) is 39.7 Å². The second-order valence-corrected chi connectivity index (χ2v) is 6.77. The molecule has 0 bridgehead atoms. The monoisotopic (exact) mass is 451 g/mol. The number of methoxy groups -OCH3 is 3. The third-order valence-electron chi connectivity index (χ3n) is 3.76. The van der Waals surface area contributed by atoms with Crippen LogP contribution in [0.3, 0.4) is 0 Å². The molecule has 0 spiro atoms. The number of anilines is 1. The van der Waals surface area contributed by atoms with Crippen molar-refractivity contribution in [3.05, 3.63) is 46.6 Å². The molecule has 150 valence electrons. The molecule has 0 fully saturated rings. The molecule has 0 aliphatic rings. The normalized spacial score (nSPS) is 10.5. The van der Waals surface area contributed by atoms with Gasteiger partial charge in [-0.3, -0.25) is 14.5 Å². The zero-order valence-electron chi connectivity index (χ0n) is 15.9. The van der Waals surface area contributed by atoms with Gasteiger partial charge in [-0.15, -0.1) is 0 Å². The van der Waals surface area contributed by atoms with Crippen LogP contribution in [-0.4, -0.2) is 56.2 Å². The van der Waals surface area contributed by atoms with E-state index in [1.165, 1.54) is 7.11 Å². The first kappa shape index (κ1) is 21.6. The molecule has 2 rings (SSSR count). The molecule has 1 N–H and O–H groups in total. The van der Waals surface area contributed by atoms with E-state index in [0.29, 0.717) is 23.9 Å². The van der Waals surface area contributed by atoms with E-state index in [1.54, 1.807) is 43.5 Å². The van der Waals surface area contributed by atoms with E-state index in [2.05, 4.69) is 26.2 Å². The molecule has 0 atom stereocenters. The average molecular weight is 452 g/mol. The zero-order valence-corrected chi connectivity index (χ0v) is 17.5. The quantitative estimate of drug-likeness (QED) is 0.585. The van der Waals surface area contributed by atoms with E-state index in [4.69, 9.17) is 14.2 Å². The lowest BCUT2D eigenvalue weighted by atomic mass is 10.2. The van der Waals surface area contributed by atoms with Crippen molar-refractivity contribution in [3.8, 4) is 11.5 Å². The summed E-state index contributed by atoms with van der Waals surface area (Å²) in [5.74, 6) is 0.930. The molecular weight excluding hydrogens is 430 g/mol. The van der Waals surface area contributed by atoms with Gasteiger partial charge in [-0.25, -0.2) is 4.98 Å². The summed E-state index contributed by atoms with van der Waals surface area (Å²) < 4.78 is 16.1. The first-order chi connectivity index (χ1) is 13.4. The minimum atomic E-state index is -0.440. The third-order valence-corrected chi connectivity index (χ3v) is 4.23. The highest BCUT2D eigenvalue weighted by Gasteiger charge is 2.17. The van der Waals surface area contributed by atoms with E-state index in [-0.39, 0.29) is 19.0 Å². The van der Waals surface area contributed by atoms with Gasteiger partial charge in [0, 0.05) is 23.3 Å². The van der Waals surface area contributed by atoms with Crippen LogP contribution in [0, 0.1) is 0 Å². The molecule has 9 heteroatoms. The van der Waals surface area contributed by atoms with Crippen LogP contribution in [-0.2, 0) is 20.9 Å². The fraction of sp³-hybridized carbons (Fsp3) is 0.316. The number of carbonyl (C=O) groups is 2. The highest BCUT2D eigenvalue weighted by atomic mass is 79.9. The van der Waals surface area contributed by atoms with Crippen LogP contribution in [0.2, 0.25) is 0 Å². The Bertz CT molecular complexity index is 791. The number of hydrogen-bond acceptors (Lipinski definition) is 7. The number of carbonyl (C=O) groups excluding carboxylic acids is 2. The maximum absolute atomic E-state index is 12.4. The summed E-state index contributed by atoms with van der Waals surface area (Å²) in [6.45, 7) is 0.257. The van der Waals surface area contributed by atoms with Crippen LogP contribution < -0.4 is 14.8 Å². The van der Waals surface area contributed by atoms with Gasteiger partial charge in [0.05, 0.1) is 34.4 Å². The first-order valence-electron chi connectivity index (χ1n) is 8.36. The fourth-order valence-electron chi connectivity index (χ4n) is 2.47. The van der Waals surface area contributed by atoms with Crippen LogP contribution in [0.5, 0.6) is 11.5 Å². The Morgan fingerprint density at radius 3 is 2.29 bits per heavy atom. The molecule has 0 radical (unpaired) electrons. The molecular formula is C19H22BrN3O5. The summed E-state index contributed by atoms with van der Waals surface area (Å²) >= 11 is 3.29. The maximum Gasteiger partial charge on any atom is 0.319 e. The predicted octanol–water partition coefficient (Wildman–Crippen LogP) is 2.48. The Morgan fingerprint density at radius 2 is 1.75 bits per heavy atom. The summed E-state index contributed by atoms with van der Waals surface area (Å²) in [4.78, 5) is 30.0. The van der Waals surface area contributed by atoms with Gasteiger partial charge in [0.1, 0.15) is 17.3 Å². The number of rotatable bonds is 9. The van der Waals surface area contributed by atoms with Gasteiger partial charge in [0.25, 0.3) is 0 Å². The van der Waals surface area contributed by atoms with Crippen molar-refractivity contribution in [2.24, 2.45) is 0 Å². The van der Waals surface area contributed by atoms with Gasteiger partial charge in [-0.2, -0.15) is 0 Å². The molecule has 28 heavy (non-hydrogen) atoms. The molecule has 1 aromatic heterocycles. The number of nitrogens with one attached hydrogen (secondary N) is 1. The van der Waals surface area contributed by atoms with E-state index < -0.39 is 5.97 Å². The summed E-state index contributed by atoms with van der Waals surface area (Å²) in [6.07, 6.45) is 1.59. The SMILES string of the molecule is COC(=O)CN(CC(=O)Nc1ccc(Br)cn1)Cc1cc(OC)cc(OC)c1. The standard InChI is InChI=1S/C19H22BrN3O5/c1-26-15-6-13(7-16(8-15)27-2)10-23(12-19(25)28-3)11-18(24)22-17-5-4-14(20)9-21-17/h4-9H,10-12H2,1-3H3,(H,21,22,24). The van der Waals surface area contributed by atoms with E-state index in [0.717, 1.165) is 10.0 Å². The van der Waals surface area contributed by atoms with Gasteiger partial charge in [0.15, 0.2) is 0 Å². The number of hydrogen-bond donors (Lipinski definition) is 1. The molecule has 0 saturated heterocycles. The molecule has 0 aliphatic carbocycles. The molecule has 0 aliphatic heterocycles. The van der Waals surface area contributed by atoms with E-state index >= 15 is 0 Å². The molecule has 0 unspecified atom stereocenters. The minimum Gasteiger partial charge on any atom is -0.497 e. The Labute approximate surface area is 171 Å². The molecule has 1 aromatic carbocycles. The lowest BCUT2D eigenvalue weighted by molar-refractivity contribution is -0.142. The number of pyridine rings is 1. The van der Waals surface area contributed by atoms with Crippen molar-refractivity contribution >= 4 is 33.6 Å². The second kappa shape index (κ2) is 10.6. The minimum absolute atomic E-state index is 0.0215. The number of ether oxygens (including phenoxy) is 3. The molecule has 1 heterocycles. The van der Waals surface area contributed by atoms with Gasteiger partial charge in [0.2, 0.25) is 5.91 Å². The number of halogens is 1. The topological polar surface area (TPSA) is 90.0 Å². The fourth-order valence-corrected chi connectivity index (χ4v) is 2.70. The summed E-state index contributed by atoms with van der Waals surface area (Å²) in [5.41, 5.74) is 0.828. The van der Waals surface area contributed by atoms with Gasteiger partial charge >= 0.3 is 5.97 Å². The third kappa shape index (κ3) is 6.82. The number of esters is 1. The average Bonchev–Trinajstić information content (AvgIpc) is 2.69. The number of nitrogens with zero attached hydrogens (tertiary/aromatic N) is 2. The number of aromatic nitrogens is 1. The van der Waals surface area contributed by atoms with Crippen LogP contribution in [0.1, 0.15) is 5.56 Å². The largest absolute Gasteiger partial charge is 0.497 e. The zero-order chi connectivity index (χ0) is 20.5. The smallest absolute Gasteiger partial charge is 0.319 e. The van der Waals surface area contributed by atoms with Gasteiger partial charge in [-0.05, 0) is 45.8 Å². The van der Waals surface area contributed by atoms with Crippen molar-refractivity contribution in [1.82, 2.24) is 9.88 Å². The number of benzene rings is 1. The maximum atomic E-state index is 12.4.